The quantitative estimate of drug-likeness (QED) is 0.830. The molecule has 2 rings (SSSR count). The molecule has 1 aliphatic carbocycles. The molecule has 16 heavy (non-hydrogen) atoms. The first-order valence-corrected chi connectivity index (χ1v) is 6.03. The van der Waals surface area contributed by atoms with Crippen LogP contribution in [0.25, 0.3) is 0 Å². The monoisotopic (exact) mass is 240 g/mol. The number of hydrogen-bond donors (Lipinski definition) is 2. The van der Waals surface area contributed by atoms with E-state index in [1.165, 1.54) is 0 Å². The van der Waals surface area contributed by atoms with Gasteiger partial charge in [-0.25, -0.2) is 0 Å². The average Bonchev–Trinajstić information content (AvgIpc) is 2.21. The molecule has 0 radical (unpaired) electrons. The Morgan fingerprint density at radius 1 is 1.62 bits per heavy atom. The van der Waals surface area contributed by atoms with Gasteiger partial charge in [0.2, 0.25) is 0 Å². The van der Waals surface area contributed by atoms with Crippen molar-refractivity contribution in [3.63, 3.8) is 0 Å². The molecule has 0 amide bonds. The van der Waals surface area contributed by atoms with Crippen LogP contribution in [0.3, 0.4) is 0 Å². The molecule has 0 saturated heterocycles. The summed E-state index contributed by atoms with van der Waals surface area (Å²) >= 11 is 6.04. The number of nitrogens with zero attached hydrogens (tertiary/aromatic N) is 1. The Kier molecular flexibility index (Phi) is 3.47. The highest BCUT2D eigenvalue weighted by Gasteiger charge is 2.33. The van der Waals surface area contributed by atoms with Crippen LogP contribution in [-0.2, 0) is 6.42 Å². The van der Waals surface area contributed by atoms with Gasteiger partial charge in [-0.3, -0.25) is 4.98 Å². The molecule has 0 bridgehead atoms. The molecule has 4 heteroatoms. The third kappa shape index (κ3) is 2.73. The SMILES string of the molecule is NC1CCCC(O)(Cc2ccncc2Cl)C1. The van der Waals surface area contributed by atoms with Crippen LogP contribution in [0.2, 0.25) is 5.02 Å². The van der Waals surface area contributed by atoms with Crippen molar-refractivity contribution in [3.05, 3.63) is 29.0 Å². The van der Waals surface area contributed by atoms with Crippen LogP contribution in [0, 0.1) is 0 Å². The Labute approximate surface area is 101 Å². The summed E-state index contributed by atoms with van der Waals surface area (Å²) in [5.74, 6) is 0. The Balaban J connectivity index is 2.11. The fourth-order valence-corrected chi connectivity index (χ4v) is 2.63. The van der Waals surface area contributed by atoms with Gasteiger partial charge in [0.25, 0.3) is 0 Å². The van der Waals surface area contributed by atoms with E-state index in [1.807, 2.05) is 6.07 Å². The molecule has 0 aromatic carbocycles. The Bertz CT molecular complexity index is 372. The summed E-state index contributed by atoms with van der Waals surface area (Å²) in [6.07, 6.45) is 7.34. The number of aliphatic hydroxyl groups is 1. The lowest BCUT2D eigenvalue weighted by Gasteiger charge is -2.35. The van der Waals surface area contributed by atoms with Gasteiger partial charge < -0.3 is 10.8 Å². The van der Waals surface area contributed by atoms with Crippen molar-refractivity contribution in [3.8, 4) is 0 Å². The van der Waals surface area contributed by atoms with Crippen LogP contribution in [0.15, 0.2) is 18.5 Å². The minimum atomic E-state index is -0.692. The van der Waals surface area contributed by atoms with Crippen molar-refractivity contribution in [1.29, 1.82) is 0 Å². The summed E-state index contributed by atoms with van der Waals surface area (Å²) < 4.78 is 0. The van der Waals surface area contributed by atoms with Gasteiger partial charge in [-0.15, -0.1) is 0 Å². The number of nitrogens with two attached hydrogens (primary N) is 1. The van der Waals surface area contributed by atoms with Gasteiger partial charge in [-0.2, -0.15) is 0 Å². The molecule has 88 valence electrons. The molecule has 3 N–H and O–H groups in total. The molecule has 2 atom stereocenters. The van der Waals surface area contributed by atoms with Crippen LogP contribution >= 0.6 is 11.6 Å². The van der Waals surface area contributed by atoms with Crippen molar-refractivity contribution in [2.24, 2.45) is 5.73 Å². The lowest BCUT2D eigenvalue weighted by molar-refractivity contribution is -0.00190. The number of pyridine rings is 1. The van der Waals surface area contributed by atoms with Gasteiger partial charge in [-0.05, 0) is 37.3 Å². The van der Waals surface area contributed by atoms with Gasteiger partial charge >= 0.3 is 0 Å². The summed E-state index contributed by atoms with van der Waals surface area (Å²) in [4.78, 5) is 3.94. The zero-order chi connectivity index (χ0) is 11.6. The molecule has 1 fully saturated rings. The highest BCUT2D eigenvalue weighted by Crippen LogP contribution is 2.32. The van der Waals surface area contributed by atoms with Gasteiger partial charge in [0.1, 0.15) is 0 Å². The lowest BCUT2D eigenvalue weighted by Crippen LogP contribution is -2.42. The van der Waals surface area contributed by atoms with E-state index in [4.69, 9.17) is 17.3 Å². The maximum Gasteiger partial charge on any atom is 0.0703 e. The fraction of sp³-hybridized carbons (Fsp3) is 0.583. The van der Waals surface area contributed by atoms with E-state index in [-0.39, 0.29) is 6.04 Å². The molecule has 1 aromatic heterocycles. The van der Waals surface area contributed by atoms with Gasteiger partial charge in [0.15, 0.2) is 0 Å². The summed E-state index contributed by atoms with van der Waals surface area (Å²) in [6, 6.07) is 1.97. The fourth-order valence-electron chi connectivity index (χ4n) is 2.45. The first-order valence-electron chi connectivity index (χ1n) is 5.65. The minimum Gasteiger partial charge on any atom is -0.389 e. The van der Waals surface area contributed by atoms with E-state index in [0.29, 0.717) is 17.9 Å². The normalized spacial score (nSPS) is 30.3. The van der Waals surface area contributed by atoms with Crippen LogP contribution in [0.4, 0.5) is 0 Å². The van der Waals surface area contributed by atoms with Crippen molar-refractivity contribution < 1.29 is 5.11 Å². The highest BCUT2D eigenvalue weighted by molar-refractivity contribution is 6.31. The molecule has 1 aliphatic rings. The Hall–Kier alpha value is -0.640. The summed E-state index contributed by atoms with van der Waals surface area (Å²) in [6.45, 7) is 0. The number of hydrogen-bond acceptors (Lipinski definition) is 3. The minimum absolute atomic E-state index is 0.111. The van der Waals surface area contributed by atoms with Crippen LogP contribution in [-0.4, -0.2) is 21.7 Å². The van der Waals surface area contributed by atoms with Crippen LogP contribution in [0.1, 0.15) is 31.2 Å². The molecule has 0 spiro atoms. The maximum absolute atomic E-state index is 10.5. The van der Waals surface area contributed by atoms with Crippen molar-refractivity contribution in [1.82, 2.24) is 4.98 Å². The second kappa shape index (κ2) is 4.70. The Morgan fingerprint density at radius 3 is 3.12 bits per heavy atom. The lowest BCUT2D eigenvalue weighted by atomic mass is 9.78. The molecule has 3 nitrogen and oxygen atoms in total. The smallest absolute Gasteiger partial charge is 0.0703 e. The van der Waals surface area contributed by atoms with Crippen molar-refractivity contribution in [2.75, 3.05) is 0 Å². The highest BCUT2D eigenvalue weighted by atomic mass is 35.5. The van der Waals surface area contributed by atoms with Crippen LogP contribution in [0.5, 0.6) is 0 Å². The molecule has 1 aromatic rings. The number of halogens is 1. The zero-order valence-electron chi connectivity index (χ0n) is 9.19. The average molecular weight is 241 g/mol. The zero-order valence-corrected chi connectivity index (χ0v) is 9.95. The van der Waals surface area contributed by atoms with Crippen molar-refractivity contribution >= 4 is 11.6 Å². The molecule has 1 saturated carbocycles. The molecular weight excluding hydrogens is 224 g/mol. The number of aromatic nitrogens is 1. The van der Waals surface area contributed by atoms with Gasteiger partial charge in [-0.1, -0.05) is 11.6 Å². The topological polar surface area (TPSA) is 59.1 Å². The third-order valence-corrected chi connectivity index (χ3v) is 3.58. The summed E-state index contributed by atoms with van der Waals surface area (Å²) in [7, 11) is 0. The van der Waals surface area contributed by atoms with Gasteiger partial charge in [0, 0.05) is 24.9 Å². The summed E-state index contributed by atoms with van der Waals surface area (Å²) in [5, 5.41) is 11.1. The summed E-state index contributed by atoms with van der Waals surface area (Å²) in [5.41, 5.74) is 6.16. The predicted octanol–water partition coefficient (Wildman–Crippen LogP) is 1.91. The Morgan fingerprint density at radius 2 is 2.44 bits per heavy atom. The molecule has 2 unspecified atom stereocenters. The van der Waals surface area contributed by atoms with E-state index in [0.717, 1.165) is 24.8 Å². The van der Waals surface area contributed by atoms with Gasteiger partial charge in [0.05, 0.1) is 10.6 Å². The van der Waals surface area contributed by atoms with E-state index in [9.17, 15) is 5.11 Å². The van der Waals surface area contributed by atoms with E-state index >= 15 is 0 Å². The molecular formula is C12H17ClN2O. The number of rotatable bonds is 2. The van der Waals surface area contributed by atoms with E-state index in [2.05, 4.69) is 4.98 Å². The standard InChI is InChI=1S/C12H17ClN2O/c13-11-8-15-5-3-9(11)6-12(16)4-1-2-10(14)7-12/h3,5,8,10,16H,1-2,4,6-7,14H2. The second-order valence-electron chi connectivity index (χ2n) is 4.72. The van der Waals surface area contributed by atoms with Crippen LogP contribution < -0.4 is 5.73 Å². The largest absolute Gasteiger partial charge is 0.389 e. The second-order valence-corrected chi connectivity index (χ2v) is 5.13. The molecule has 1 heterocycles. The first-order chi connectivity index (χ1) is 7.59. The molecule has 0 aliphatic heterocycles. The first kappa shape index (κ1) is 11.8. The predicted molar refractivity (Wildman–Crippen MR) is 64.3 cm³/mol. The third-order valence-electron chi connectivity index (χ3n) is 3.24. The van der Waals surface area contributed by atoms with Crippen molar-refractivity contribution in [2.45, 2.75) is 43.7 Å². The van der Waals surface area contributed by atoms with E-state index < -0.39 is 5.60 Å². The van der Waals surface area contributed by atoms with E-state index in [1.54, 1.807) is 12.4 Å². The maximum atomic E-state index is 10.5.